The highest BCUT2D eigenvalue weighted by Crippen LogP contribution is 2.18. The van der Waals surface area contributed by atoms with Crippen molar-refractivity contribution < 1.29 is 19.5 Å². The zero-order valence-corrected chi connectivity index (χ0v) is 14.2. The third-order valence-corrected chi connectivity index (χ3v) is 4.13. The smallest absolute Gasteiger partial charge is 0.137 e. The van der Waals surface area contributed by atoms with Crippen molar-refractivity contribution >= 4 is 0 Å². The Morgan fingerprint density at radius 1 is 1.18 bits per heavy atom. The fourth-order valence-electron chi connectivity index (χ4n) is 3.09. The Hall–Kier alpha value is -1.10. The van der Waals surface area contributed by atoms with E-state index in [0.29, 0.717) is 19.1 Å². The first kappa shape index (κ1) is 17.3. The molecule has 1 aromatic rings. The van der Waals surface area contributed by atoms with E-state index in [9.17, 15) is 5.11 Å². The molecule has 1 aromatic carbocycles. The number of nitrogens with one attached hydrogen (secondary N) is 1. The molecule has 0 aliphatic carbocycles. The molecule has 0 spiro atoms. The molecule has 1 saturated heterocycles. The molecule has 0 radical (unpaired) electrons. The van der Waals surface area contributed by atoms with E-state index in [0.717, 1.165) is 18.8 Å². The van der Waals surface area contributed by atoms with Gasteiger partial charge in [-0.05, 0) is 37.5 Å². The van der Waals surface area contributed by atoms with Crippen LogP contribution in [0.2, 0.25) is 0 Å². The van der Waals surface area contributed by atoms with E-state index in [1.165, 1.54) is 10.5 Å². The van der Waals surface area contributed by atoms with E-state index in [2.05, 4.69) is 39.8 Å². The van der Waals surface area contributed by atoms with E-state index in [4.69, 9.17) is 9.47 Å². The van der Waals surface area contributed by atoms with Gasteiger partial charge in [0.2, 0.25) is 0 Å². The van der Waals surface area contributed by atoms with Crippen LogP contribution in [0.4, 0.5) is 0 Å². The minimum absolute atomic E-state index is 0.260. The molecule has 0 bridgehead atoms. The molecule has 0 amide bonds. The van der Waals surface area contributed by atoms with E-state index >= 15 is 0 Å². The lowest BCUT2D eigenvalue weighted by Crippen LogP contribution is -3.16. The third-order valence-electron chi connectivity index (χ3n) is 4.13. The van der Waals surface area contributed by atoms with Crippen LogP contribution in [-0.4, -0.2) is 49.7 Å². The number of hydrogen-bond donors (Lipinski definition) is 2. The molecule has 1 aliphatic heterocycles. The molecule has 22 heavy (non-hydrogen) atoms. The summed E-state index contributed by atoms with van der Waals surface area (Å²) in [6.45, 7) is 11.5. The summed E-state index contributed by atoms with van der Waals surface area (Å²) in [5.41, 5.74) is 1.30. The number of hydrogen-bond acceptors (Lipinski definition) is 3. The standard InChI is InChI=1S/C18H29NO3/c1-13(2)16-5-7-18(8-6-16)21-12-17(20)11-19-9-14(3)22-15(4)10-19/h5-8,13-15,17,20H,9-12H2,1-4H3/p+1/t14-,15+,17-/m0/s1. The fraction of sp³-hybridized carbons (Fsp3) is 0.667. The zero-order valence-electron chi connectivity index (χ0n) is 14.2. The molecule has 4 heteroatoms. The summed E-state index contributed by atoms with van der Waals surface area (Å²) >= 11 is 0. The Labute approximate surface area is 134 Å². The van der Waals surface area contributed by atoms with Crippen LogP contribution < -0.4 is 9.64 Å². The molecule has 4 atom stereocenters. The highest BCUT2D eigenvalue weighted by Gasteiger charge is 2.27. The topological polar surface area (TPSA) is 43.1 Å². The van der Waals surface area contributed by atoms with Crippen molar-refractivity contribution in [3.63, 3.8) is 0 Å². The normalized spacial score (nSPS) is 26.9. The van der Waals surface area contributed by atoms with Gasteiger partial charge in [0.25, 0.3) is 0 Å². The van der Waals surface area contributed by atoms with Crippen molar-refractivity contribution in [2.24, 2.45) is 0 Å². The summed E-state index contributed by atoms with van der Waals surface area (Å²) in [6.07, 6.45) is 0.0724. The molecular formula is C18H30NO3+. The van der Waals surface area contributed by atoms with Crippen molar-refractivity contribution in [2.45, 2.75) is 51.9 Å². The van der Waals surface area contributed by atoms with Crippen LogP contribution in [-0.2, 0) is 4.74 Å². The number of aliphatic hydroxyl groups is 1. The molecule has 1 unspecified atom stereocenters. The van der Waals surface area contributed by atoms with E-state index < -0.39 is 6.10 Å². The SMILES string of the molecule is CC(C)c1ccc(OC[C@@H](O)C[NH+]2C[C@@H](C)O[C@@H](C)C2)cc1. The van der Waals surface area contributed by atoms with Crippen LogP contribution in [0.5, 0.6) is 5.75 Å². The van der Waals surface area contributed by atoms with Gasteiger partial charge in [0.15, 0.2) is 0 Å². The number of aliphatic hydroxyl groups excluding tert-OH is 1. The molecule has 2 N–H and O–H groups in total. The monoisotopic (exact) mass is 308 g/mol. The van der Waals surface area contributed by atoms with Crippen LogP contribution in [0, 0.1) is 0 Å². The molecule has 0 aromatic heterocycles. The minimum atomic E-state index is -0.447. The number of benzene rings is 1. The van der Waals surface area contributed by atoms with Gasteiger partial charge in [0, 0.05) is 0 Å². The van der Waals surface area contributed by atoms with Gasteiger partial charge in [-0.2, -0.15) is 0 Å². The summed E-state index contributed by atoms with van der Waals surface area (Å²) in [4.78, 5) is 1.39. The second-order valence-corrected chi connectivity index (χ2v) is 6.81. The van der Waals surface area contributed by atoms with Crippen molar-refractivity contribution in [1.29, 1.82) is 0 Å². The molecule has 1 fully saturated rings. The summed E-state index contributed by atoms with van der Waals surface area (Å²) < 4.78 is 11.4. The lowest BCUT2D eigenvalue weighted by molar-refractivity contribution is -0.918. The van der Waals surface area contributed by atoms with Crippen molar-refractivity contribution in [2.75, 3.05) is 26.2 Å². The average molecular weight is 308 g/mol. The van der Waals surface area contributed by atoms with Gasteiger partial charge in [-0.1, -0.05) is 26.0 Å². The number of rotatable bonds is 6. The Balaban J connectivity index is 1.76. The number of ether oxygens (including phenoxy) is 2. The van der Waals surface area contributed by atoms with Gasteiger partial charge >= 0.3 is 0 Å². The summed E-state index contributed by atoms with van der Waals surface area (Å²) in [6, 6.07) is 8.13. The minimum Gasteiger partial charge on any atom is -0.491 e. The van der Waals surface area contributed by atoms with Crippen molar-refractivity contribution in [1.82, 2.24) is 0 Å². The predicted molar refractivity (Wildman–Crippen MR) is 87.6 cm³/mol. The highest BCUT2D eigenvalue weighted by molar-refractivity contribution is 5.28. The highest BCUT2D eigenvalue weighted by atomic mass is 16.5. The molecule has 1 heterocycles. The van der Waals surface area contributed by atoms with Gasteiger partial charge < -0.3 is 19.5 Å². The first-order chi connectivity index (χ1) is 10.4. The summed E-state index contributed by atoms with van der Waals surface area (Å²) in [5, 5.41) is 10.2. The van der Waals surface area contributed by atoms with Gasteiger partial charge in [-0.15, -0.1) is 0 Å². The molecule has 0 saturated carbocycles. The number of morpholine rings is 1. The molecule has 124 valence electrons. The summed E-state index contributed by atoms with van der Waals surface area (Å²) in [7, 11) is 0. The largest absolute Gasteiger partial charge is 0.491 e. The lowest BCUT2D eigenvalue weighted by atomic mass is 10.0. The van der Waals surface area contributed by atoms with Crippen molar-refractivity contribution in [3.8, 4) is 5.75 Å². The quantitative estimate of drug-likeness (QED) is 0.831. The lowest BCUT2D eigenvalue weighted by Gasteiger charge is -2.33. The number of quaternary nitrogens is 1. The van der Waals surface area contributed by atoms with Crippen LogP contribution in [0.3, 0.4) is 0 Å². The van der Waals surface area contributed by atoms with Crippen molar-refractivity contribution in [3.05, 3.63) is 29.8 Å². The van der Waals surface area contributed by atoms with Crippen LogP contribution in [0.25, 0.3) is 0 Å². The van der Waals surface area contributed by atoms with Gasteiger partial charge in [0.05, 0.1) is 0 Å². The first-order valence-electron chi connectivity index (χ1n) is 8.34. The Morgan fingerprint density at radius 3 is 2.32 bits per heavy atom. The van der Waals surface area contributed by atoms with E-state index in [1.54, 1.807) is 0 Å². The van der Waals surface area contributed by atoms with Crippen LogP contribution in [0.15, 0.2) is 24.3 Å². The average Bonchev–Trinajstić information content (AvgIpc) is 2.44. The van der Waals surface area contributed by atoms with E-state index in [-0.39, 0.29) is 12.2 Å². The Bertz CT molecular complexity index is 436. The van der Waals surface area contributed by atoms with Gasteiger partial charge in [0.1, 0.15) is 50.3 Å². The molecule has 2 rings (SSSR count). The van der Waals surface area contributed by atoms with Crippen LogP contribution in [0.1, 0.15) is 39.2 Å². The van der Waals surface area contributed by atoms with Crippen LogP contribution >= 0.6 is 0 Å². The molecular weight excluding hydrogens is 278 g/mol. The van der Waals surface area contributed by atoms with Gasteiger partial charge in [-0.25, -0.2) is 0 Å². The fourth-order valence-corrected chi connectivity index (χ4v) is 3.09. The van der Waals surface area contributed by atoms with Gasteiger partial charge in [-0.3, -0.25) is 0 Å². The maximum absolute atomic E-state index is 10.2. The Morgan fingerprint density at radius 2 is 1.77 bits per heavy atom. The maximum atomic E-state index is 10.2. The summed E-state index contributed by atoms with van der Waals surface area (Å²) in [5.74, 6) is 1.34. The maximum Gasteiger partial charge on any atom is 0.137 e. The molecule has 1 aliphatic rings. The molecule has 4 nitrogen and oxygen atoms in total. The zero-order chi connectivity index (χ0) is 16.1. The first-order valence-corrected chi connectivity index (χ1v) is 8.34. The predicted octanol–water partition coefficient (Wildman–Crippen LogP) is 1.24. The van der Waals surface area contributed by atoms with E-state index in [1.807, 2.05) is 12.1 Å². The second-order valence-electron chi connectivity index (χ2n) is 6.81. The Kier molecular flexibility index (Phi) is 6.24. The third kappa shape index (κ3) is 5.27. The second kappa shape index (κ2) is 7.95.